The molecule has 0 aliphatic carbocycles. The molecule has 0 atom stereocenters. The topological polar surface area (TPSA) is 66.6 Å². The number of carbonyl (C=O) groups excluding carboxylic acids is 2. The van der Waals surface area contributed by atoms with Crippen molar-refractivity contribution in [3.63, 3.8) is 0 Å². The minimum atomic E-state index is -0.416. The average molecular weight is 315 g/mol. The molecular formula is C18H25N3O2. The summed E-state index contributed by atoms with van der Waals surface area (Å²) in [4.78, 5) is 27.0. The third-order valence-corrected chi connectivity index (χ3v) is 4.41. The molecule has 0 bridgehead atoms. The number of primary amides is 1. The van der Waals surface area contributed by atoms with Crippen molar-refractivity contribution in [1.29, 1.82) is 0 Å². The Kier molecular flexibility index (Phi) is 5.42. The third-order valence-electron chi connectivity index (χ3n) is 4.41. The Labute approximate surface area is 137 Å². The van der Waals surface area contributed by atoms with Gasteiger partial charge >= 0.3 is 6.03 Å². The molecular weight excluding hydrogens is 290 g/mol. The third kappa shape index (κ3) is 4.34. The van der Waals surface area contributed by atoms with Crippen molar-refractivity contribution >= 4 is 18.0 Å². The Morgan fingerprint density at radius 1 is 0.957 bits per heavy atom. The van der Waals surface area contributed by atoms with E-state index in [0.717, 1.165) is 17.5 Å². The molecule has 1 heterocycles. The summed E-state index contributed by atoms with van der Waals surface area (Å²) in [7, 11) is 0. The van der Waals surface area contributed by atoms with Crippen molar-refractivity contribution in [1.82, 2.24) is 9.80 Å². The molecule has 0 unspecified atom stereocenters. The first kappa shape index (κ1) is 17.1. The van der Waals surface area contributed by atoms with E-state index < -0.39 is 6.03 Å². The highest BCUT2D eigenvalue weighted by Crippen LogP contribution is 2.17. The van der Waals surface area contributed by atoms with Crippen LogP contribution < -0.4 is 5.73 Å². The Hall–Kier alpha value is -2.30. The van der Waals surface area contributed by atoms with Crippen molar-refractivity contribution in [3.05, 3.63) is 40.5 Å². The van der Waals surface area contributed by atoms with Gasteiger partial charge in [0.2, 0.25) is 5.91 Å². The van der Waals surface area contributed by atoms with Crippen LogP contribution in [0.1, 0.15) is 28.7 Å². The molecule has 124 valence electrons. The van der Waals surface area contributed by atoms with E-state index in [1.165, 1.54) is 11.1 Å². The number of benzene rings is 1. The highest BCUT2D eigenvalue weighted by Gasteiger charge is 2.19. The number of rotatable bonds is 2. The van der Waals surface area contributed by atoms with Crippen LogP contribution in [0, 0.1) is 20.8 Å². The molecule has 1 aromatic carbocycles. The van der Waals surface area contributed by atoms with Crippen molar-refractivity contribution in [3.8, 4) is 0 Å². The van der Waals surface area contributed by atoms with Crippen LogP contribution in [0.5, 0.6) is 0 Å². The van der Waals surface area contributed by atoms with Crippen molar-refractivity contribution < 1.29 is 9.59 Å². The van der Waals surface area contributed by atoms with E-state index in [0.29, 0.717) is 26.2 Å². The Balaban J connectivity index is 2.04. The number of amides is 3. The van der Waals surface area contributed by atoms with Crippen LogP contribution in [0.25, 0.3) is 6.08 Å². The molecule has 2 rings (SSSR count). The number of hydrogen-bond acceptors (Lipinski definition) is 2. The average Bonchev–Trinajstić information content (AvgIpc) is 2.75. The molecule has 2 N–H and O–H groups in total. The second-order valence-corrected chi connectivity index (χ2v) is 6.13. The molecule has 0 spiro atoms. The van der Waals surface area contributed by atoms with E-state index in [4.69, 9.17) is 5.73 Å². The summed E-state index contributed by atoms with van der Waals surface area (Å²) < 4.78 is 0. The predicted octanol–water partition coefficient (Wildman–Crippen LogP) is 2.24. The normalized spacial score (nSPS) is 15.8. The maximum absolute atomic E-state index is 12.4. The van der Waals surface area contributed by atoms with Gasteiger partial charge in [0.25, 0.3) is 0 Å². The highest BCUT2D eigenvalue weighted by molar-refractivity contribution is 5.92. The van der Waals surface area contributed by atoms with E-state index in [-0.39, 0.29) is 5.91 Å². The van der Waals surface area contributed by atoms with Crippen LogP contribution in [0.15, 0.2) is 18.2 Å². The fourth-order valence-electron chi connectivity index (χ4n) is 2.79. The number of nitrogens with two attached hydrogens (primary N) is 1. The quantitative estimate of drug-likeness (QED) is 0.851. The SMILES string of the molecule is Cc1cc(C)c(C=CC(=O)N2CCCN(C(N)=O)CC2)cc1C. The maximum Gasteiger partial charge on any atom is 0.314 e. The molecule has 1 saturated heterocycles. The van der Waals surface area contributed by atoms with Crippen LogP contribution in [-0.4, -0.2) is 47.9 Å². The molecule has 3 amide bonds. The standard InChI is InChI=1S/C18H25N3O2/c1-13-11-15(3)16(12-14(13)2)5-6-17(22)20-7-4-8-21(10-9-20)18(19)23/h5-6,11-12H,4,7-10H2,1-3H3,(H2,19,23). The van der Waals surface area contributed by atoms with Gasteiger partial charge < -0.3 is 15.5 Å². The maximum atomic E-state index is 12.4. The number of hydrogen-bond donors (Lipinski definition) is 1. The fraction of sp³-hybridized carbons (Fsp3) is 0.444. The summed E-state index contributed by atoms with van der Waals surface area (Å²) in [5, 5.41) is 0. The van der Waals surface area contributed by atoms with Crippen molar-refractivity contribution in [2.45, 2.75) is 27.2 Å². The second-order valence-electron chi connectivity index (χ2n) is 6.13. The van der Waals surface area contributed by atoms with Gasteiger partial charge in [-0.3, -0.25) is 4.79 Å². The number of nitrogens with zero attached hydrogens (tertiary/aromatic N) is 2. The first-order valence-electron chi connectivity index (χ1n) is 7.97. The number of aryl methyl sites for hydroxylation is 3. The Morgan fingerprint density at radius 3 is 2.26 bits per heavy atom. The molecule has 1 aromatic rings. The largest absolute Gasteiger partial charge is 0.351 e. The van der Waals surface area contributed by atoms with E-state index >= 15 is 0 Å². The number of carbonyl (C=O) groups is 2. The zero-order valence-electron chi connectivity index (χ0n) is 14.1. The summed E-state index contributed by atoms with van der Waals surface area (Å²) >= 11 is 0. The van der Waals surface area contributed by atoms with Gasteiger partial charge in [-0.25, -0.2) is 4.79 Å². The summed E-state index contributed by atoms with van der Waals surface area (Å²) in [6.45, 7) is 8.49. The molecule has 1 fully saturated rings. The zero-order chi connectivity index (χ0) is 17.0. The lowest BCUT2D eigenvalue weighted by molar-refractivity contribution is -0.125. The smallest absolute Gasteiger partial charge is 0.314 e. The van der Waals surface area contributed by atoms with Gasteiger partial charge in [0, 0.05) is 32.3 Å². The van der Waals surface area contributed by atoms with Gasteiger partial charge in [-0.15, -0.1) is 0 Å². The zero-order valence-corrected chi connectivity index (χ0v) is 14.1. The van der Waals surface area contributed by atoms with E-state index in [1.807, 2.05) is 13.0 Å². The van der Waals surface area contributed by atoms with Crippen molar-refractivity contribution in [2.75, 3.05) is 26.2 Å². The highest BCUT2D eigenvalue weighted by atomic mass is 16.2. The molecule has 5 nitrogen and oxygen atoms in total. The molecule has 5 heteroatoms. The molecule has 0 saturated carbocycles. The predicted molar refractivity (Wildman–Crippen MR) is 92.0 cm³/mol. The van der Waals surface area contributed by atoms with Gasteiger partial charge in [0.1, 0.15) is 0 Å². The minimum Gasteiger partial charge on any atom is -0.351 e. The minimum absolute atomic E-state index is 0.0195. The first-order chi connectivity index (χ1) is 10.9. The second kappa shape index (κ2) is 7.31. The molecule has 1 aliphatic rings. The summed E-state index contributed by atoms with van der Waals surface area (Å²) in [5.41, 5.74) is 10.0. The first-order valence-corrected chi connectivity index (χ1v) is 7.97. The van der Waals surface area contributed by atoms with Crippen LogP contribution in [0.4, 0.5) is 4.79 Å². The van der Waals surface area contributed by atoms with Crippen LogP contribution in [-0.2, 0) is 4.79 Å². The summed E-state index contributed by atoms with van der Waals surface area (Å²) in [5.74, 6) is -0.0195. The van der Waals surface area contributed by atoms with Crippen LogP contribution in [0.3, 0.4) is 0 Å². The lowest BCUT2D eigenvalue weighted by Gasteiger charge is -2.19. The van der Waals surface area contributed by atoms with Crippen molar-refractivity contribution in [2.24, 2.45) is 5.73 Å². The van der Waals surface area contributed by atoms with Gasteiger partial charge in [0.05, 0.1) is 0 Å². The van der Waals surface area contributed by atoms with Gasteiger partial charge in [-0.2, -0.15) is 0 Å². The van der Waals surface area contributed by atoms with E-state index in [2.05, 4.69) is 26.0 Å². The van der Waals surface area contributed by atoms with E-state index in [9.17, 15) is 9.59 Å². The number of urea groups is 1. The monoisotopic (exact) mass is 315 g/mol. The van der Waals surface area contributed by atoms with E-state index in [1.54, 1.807) is 15.9 Å². The van der Waals surface area contributed by atoms with Gasteiger partial charge in [-0.1, -0.05) is 12.1 Å². The molecule has 0 aromatic heterocycles. The Morgan fingerprint density at radius 2 is 1.57 bits per heavy atom. The molecule has 23 heavy (non-hydrogen) atoms. The van der Waals surface area contributed by atoms with Gasteiger partial charge in [0.15, 0.2) is 0 Å². The van der Waals surface area contributed by atoms with Crippen LogP contribution in [0.2, 0.25) is 0 Å². The molecule has 0 radical (unpaired) electrons. The summed E-state index contributed by atoms with van der Waals surface area (Å²) in [6.07, 6.45) is 4.25. The fourth-order valence-corrected chi connectivity index (χ4v) is 2.79. The van der Waals surface area contributed by atoms with Gasteiger partial charge in [-0.05, 0) is 55.5 Å². The van der Waals surface area contributed by atoms with Crippen LogP contribution >= 0.6 is 0 Å². The molecule has 1 aliphatic heterocycles. The summed E-state index contributed by atoms with van der Waals surface area (Å²) in [6, 6.07) is 3.82. The Bertz CT molecular complexity index is 637. The lowest BCUT2D eigenvalue weighted by atomic mass is 10.0. The lowest BCUT2D eigenvalue weighted by Crippen LogP contribution is -2.39.